The standard InChI is InChI=1S/C22H32O/c1-17-9-8-14-21-20(17)15-16-22(23-21,18-10-4-2-5-11-18)19-12-6-3-7-13-19/h8-9,14,18-19H,2-7,10-13,15-16H2,1H3. The SMILES string of the molecule is Cc1cccc2c1CCC(C1CCCCC1)(C1CCCCC1)O2. The molecule has 2 aliphatic carbocycles. The van der Waals surface area contributed by atoms with Crippen molar-refractivity contribution in [3.63, 3.8) is 0 Å². The lowest BCUT2D eigenvalue weighted by Gasteiger charge is -2.51. The lowest BCUT2D eigenvalue weighted by molar-refractivity contribution is -0.0836. The molecular formula is C22H32O. The van der Waals surface area contributed by atoms with Crippen LogP contribution in [0, 0.1) is 18.8 Å². The number of rotatable bonds is 2. The summed E-state index contributed by atoms with van der Waals surface area (Å²) in [6.07, 6.45) is 16.7. The Balaban J connectivity index is 1.68. The molecule has 1 aromatic rings. The summed E-state index contributed by atoms with van der Waals surface area (Å²) in [5.74, 6) is 2.81. The van der Waals surface area contributed by atoms with Crippen molar-refractivity contribution < 1.29 is 4.74 Å². The van der Waals surface area contributed by atoms with Gasteiger partial charge >= 0.3 is 0 Å². The van der Waals surface area contributed by atoms with Gasteiger partial charge in [-0.1, -0.05) is 50.7 Å². The second-order valence-corrected chi connectivity index (χ2v) is 8.28. The predicted octanol–water partition coefficient (Wildman–Crippen LogP) is 6.22. The molecule has 0 amide bonds. The Morgan fingerprint density at radius 1 is 0.870 bits per heavy atom. The monoisotopic (exact) mass is 312 g/mol. The Bertz CT molecular complexity index is 517. The van der Waals surface area contributed by atoms with Gasteiger partial charge in [-0.2, -0.15) is 0 Å². The van der Waals surface area contributed by atoms with Crippen LogP contribution in [-0.2, 0) is 6.42 Å². The number of ether oxygens (including phenoxy) is 1. The quantitative estimate of drug-likeness (QED) is 0.630. The van der Waals surface area contributed by atoms with Crippen LogP contribution in [0.4, 0.5) is 0 Å². The van der Waals surface area contributed by atoms with Gasteiger partial charge in [-0.3, -0.25) is 0 Å². The molecule has 0 N–H and O–H groups in total. The zero-order valence-electron chi connectivity index (χ0n) is 14.8. The summed E-state index contributed by atoms with van der Waals surface area (Å²) < 4.78 is 6.98. The minimum absolute atomic E-state index is 0.154. The Morgan fingerprint density at radius 3 is 2.09 bits per heavy atom. The van der Waals surface area contributed by atoms with E-state index in [4.69, 9.17) is 4.74 Å². The van der Waals surface area contributed by atoms with Gasteiger partial charge < -0.3 is 4.74 Å². The number of hydrogen-bond donors (Lipinski definition) is 0. The molecule has 0 saturated heterocycles. The first-order valence-electron chi connectivity index (χ1n) is 10.1. The van der Waals surface area contributed by atoms with Crippen LogP contribution in [0.2, 0.25) is 0 Å². The number of aryl methyl sites for hydroxylation is 1. The highest BCUT2D eigenvalue weighted by molar-refractivity contribution is 5.42. The Kier molecular flexibility index (Phi) is 4.39. The van der Waals surface area contributed by atoms with Gasteiger partial charge in [-0.05, 0) is 74.5 Å². The van der Waals surface area contributed by atoms with Crippen LogP contribution in [-0.4, -0.2) is 5.60 Å². The van der Waals surface area contributed by atoms with E-state index in [1.54, 1.807) is 0 Å². The fourth-order valence-electron chi connectivity index (χ4n) is 5.76. The van der Waals surface area contributed by atoms with Crippen LogP contribution in [0.15, 0.2) is 18.2 Å². The zero-order valence-corrected chi connectivity index (χ0v) is 14.8. The van der Waals surface area contributed by atoms with Crippen LogP contribution in [0.5, 0.6) is 5.75 Å². The molecule has 0 atom stereocenters. The third-order valence-electron chi connectivity index (χ3n) is 7.03. The molecule has 1 aliphatic heterocycles. The van der Waals surface area contributed by atoms with Gasteiger partial charge in [-0.15, -0.1) is 0 Å². The van der Waals surface area contributed by atoms with Crippen molar-refractivity contribution in [3.8, 4) is 5.75 Å². The highest BCUT2D eigenvalue weighted by atomic mass is 16.5. The van der Waals surface area contributed by atoms with Gasteiger partial charge in [0.1, 0.15) is 11.4 Å². The molecule has 0 unspecified atom stereocenters. The maximum absolute atomic E-state index is 6.98. The second-order valence-electron chi connectivity index (χ2n) is 8.28. The third-order valence-corrected chi connectivity index (χ3v) is 7.03. The number of hydrogen-bond acceptors (Lipinski definition) is 1. The summed E-state index contributed by atoms with van der Waals surface area (Å²) in [6, 6.07) is 6.67. The van der Waals surface area contributed by atoms with Gasteiger partial charge in [-0.25, -0.2) is 0 Å². The smallest absolute Gasteiger partial charge is 0.123 e. The molecule has 0 aromatic heterocycles. The summed E-state index contributed by atoms with van der Waals surface area (Å²) in [6.45, 7) is 2.25. The van der Waals surface area contributed by atoms with Crippen molar-refractivity contribution in [1.29, 1.82) is 0 Å². The lowest BCUT2D eigenvalue weighted by atomic mass is 9.63. The largest absolute Gasteiger partial charge is 0.486 e. The van der Waals surface area contributed by atoms with E-state index >= 15 is 0 Å². The van der Waals surface area contributed by atoms with Crippen molar-refractivity contribution in [2.75, 3.05) is 0 Å². The van der Waals surface area contributed by atoms with Crippen LogP contribution in [0.3, 0.4) is 0 Å². The fourth-order valence-corrected chi connectivity index (χ4v) is 5.76. The number of fused-ring (bicyclic) bond motifs is 1. The van der Waals surface area contributed by atoms with Crippen molar-refractivity contribution in [3.05, 3.63) is 29.3 Å². The first kappa shape index (κ1) is 15.5. The average Bonchev–Trinajstić information content (AvgIpc) is 2.63. The van der Waals surface area contributed by atoms with Crippen molar-refractivity contribution in [1.82, 2.24) is 0 Å². The highest BCUT2D eigenvalue weighted by Gasteiger charge is 2.49. The van der Waals surface area contributed by atoms with Gasteiger partial charge in [0, 0.05) is 0 Å². The molecule has 126 valence electrons. The molecule has 1 aromatic carbocycles. The van der Waals surface area contributed by atoms with E-state index in [0.717, 1.165) is 11.8 Å². The van der Waals surface area contributed by atoms with Crippen LogP contribution in [0.25, 0.3) is 0 Å². The summed E-state index contributed by atoms with van der Waals surface area (Å²) in [5.41, 5.74) is 3.06. The van der Waals surface area contributed by atoms with E-state index in [1.807, 2.05) is 0 Å². The predicted molar refractivity (Wildman–Crippen MR) is 96.0 cm³/mol. The first-order valence-corrected chi connectivity index (χ1v) is 10.1. The lowest BCUT2D eigenvalue weighted by Crippen LogP contribution is -2.53. The molecular weight excluding hydrogens is 280 g/mol. The normalized spacial score (nSPS) is 25.6. The Morgan fingerprint density at radius 2 is 1.48 bits per heavy atom. The van der Waals surface area contributed by atoms with E-state index in [2.05, 4.69) is 25.1 Å². The molecule has 2 fully saturated rings. The topological polar surface area (TPSA) is 9.23 Å². The van der Waals surface area contributed by atoms with E-state index in [1.165, 1.54) is 93.9 Å². The molecule has 2 saturated carbocycles. The Labute approximate surface area is 141 Å². The van der Waals surface area contributed by atoms with E-state index < -0.39 is 0 Å². The maximum Gasteiger partial charge on any atom is 0.123 e. The first-order chi connectivity index (χ1) is 11.3. The molecule has 23 heavy (non-hydrogen) atoms. The van der Waals surface area contributed by atoms with Gasteiger partial charge in [0.25, 0.3) is 0 Å². The van der Waals surface area contributed by atoms with Crippen LogP contribution < -0.4 is 4.74 Å². The molecule has 1 nitrogen and oxygen atoms in total. The molecule has 1 heterocycles. The zero-order chi connectivity index (χ0) is 15.7. The minimum Gasteiger partial charge on any atom is -0.486 e. The molecule has 0 radical (unpaired) electrons. The summed E-state index contributed by atoms with van der Waals surface area (Å²) in [4.78, 5) is 0. The highest BCUT2D eigenvalue weighted by Crippen LogP contribution is 2.50. The third kappa shape index (κ3) is 2.81. The van der Waals surface area contributed by atoms with Crippen LogP contribution in [0.1, 0.15) is 81.8 Å². The molecule has 0 spiro atoms. The summed E-state index contributed by atoms with van der Waals surface area (Å²) >= 11 is 0. The molecule has 1 heteroatoms. The Hall–Kier alpha value is -0.980. The fraction of sp³-hybridized carbons (Fsp3) is 0.727. The second kappa shape index (κ2) is 6.49. The average molecular weight is 312 g/mol. The minimum atomic E-state index is 0.154. The van der Waals surface area contributed by atoms with Gasteiger partial charge in [0.05, 0.1) is 0 Å². The van der Waals surface area contributed by atoms with Gasteiger partial charge in [0.2, 0.25) is 0 Å². The number of benzene rings is 1. The molecule has 4 rings (SSSR count). The van der Waals surface area contributed by atoms with Crippen molar-refractivity contribution in [2.24, 2.45) is 11.8 Å². The van der Waals surface area contributed by atoms with E-state index in [9.17, 15) is 0 Å². The molecule has 3 aliphatic rings. The maximum atomic E-state index is 6.98. The van der Waals surface area contributed by atoms with E-state index in [-0.39, 0.29) is 5.60 Å². The van der Waals surface area contributed by atoms with Crippen molar-refractivity contribution in [2.45, 2.75) is 89.6 Å². The summed E-state index contributed by atoms with van der Waals surface area (Å²) in [5, 5.41) is 0. The van der Waals surface area contributed by atoms with Crippen LogP contribution >= 0.6 is 0 Å². The summed E-state index contributed by atoms with van der Waals surface area (Å²) in [7, 11) is 0. The van der Waals surface area contributed by atoms with Gasteiger partial charge in [0.15, 0.2) is 0 Å². The molecule has 0 bridgehead atoms. The van der Waals surface area contributed by atoms with Crippen molar-refractivity contribution >= 4 is 0 Å². The van der Waals surface area contributed by atoms with E-state index in [0.29, 0.717) is 0 Å².